The number of hydrogen-bond acceptors (Lipinski definition) is 3. The fourth-order valence-corrected chi connectivity index (χ4v) is 3.00. The van der Waals surface area contributed by atoms with Crippen LogP contribution in [0.4, 0.5) is 13.2 Å². The molecule has 0 bridgehead atoms. The van der Waals surface area contributed by atoms with Crippen molar-refractivity contribution in [1.82, 2.24) is 14.5 Å². The first-order valence-corrected chi connectivity index (χ1v) is 8.12. The molecule has 0 saturated carbocycles. The predicted octanol–water partition coefficient (Wildman–Crippen LogP) is 5.11. The molecule has 0 aliphatic rings. The van der Waals surface area contributed by atoms with Gasteiger partial charge in [-0.2, -0.15) is 13.2 Å². The van der Waals surface area contributed by atoms with Gasteiger partial charge in [0.1, 0.15) is 0 Å². The van der Waals surface area contributed by atoms with Gasteiger partial charge in [-0.15, -0.1) is 0 Å². The molecule has 0 unspecified atom stereocenters. The van der Waals surface area contributed by atoms with E-state index in [0.29, 0.717) is 33.9 Å². The Balaban J connectivity index is 1.98. The van der Waals surface area contributed by atoms with Crippen molar-refractivity contribution in [3.63, 3.8) is 0 Å². The van der Waals surface area contributed by atoms with Crippen LogP contribution in [0.5, 0.6) is 5.88 Å². The Morgan fingerprint density at radius 1 is 0.963 bits per heavy atom. The van der Waals surface area contributed by atoms with Crippen molar-refractivity contribution in [3.05, 3.63) is 72.6 Å². The summed E-state index contributed by atoms with van der Waals surface area (Å²) in [7, 11) is 1.52. The fraction of sp³-hybridized carbons (Fsp3) is 0.100. The molecule has 27 heavy (non-hydrogen) atoms. The van der Waals surface area contributed by atoms with E-state index in [1.54, 1.807) is 36.7 Å². The van der Waals surface area contributed by atoms with Gasteiger partial charge in [-0.25, -0.2) is 4.98 Å². The van der Waals surface area contributed by atoms with Crippen molar-refractivity contribution in [2.75, 3.05) is 7.11 Å². The standard InChI is InChI=1S/C20H14F3N3O/c1-27-19-8-6-15(12-25-19)26-17-7-5-14(20(21,22)23)10-13(17)11-18(26)16-4-2-3-9-24-16/h2-12H,1H3. The van der Waals surface area contributed by atoms with Crippen molar-refractivity contribution in [2.45, 2.75) is 6.18 Å². The lowest BCUT2D eigenvalue weighted by Gasteiger charge is -2.11. The molecular weight excluding hydrogens is 355 g/mol. The molecule has 4 aromatic rings. The average molecular weight is 369 g/mol. The Kier molecular flexibility index (Phi) is 4.07. The first-order chi connectivity index (χ1) is 13.0. The topological polar surface area (TPSA) is 39.9 Å². The summed E-state index contributed by atoms with van der Waals surface area (Å²) >= 11 is 0. The van der Waals surface area contributed by atoms with E-state index in [2.05, 4.69) is 9.97 Å². The van der Waals surface area contributed by atoms with Gasteiger partial charge in [0.15, 0.2) is 0 Å². The quantitative estimate of drug-likeness (QED) is 0.504. The molecule has 0 fully saturated rings. The monoisotopic (exact) mass is 369 g/mol. The van der Waals surface area contributed by atoms with Gasteiger partial charge in [0, 0.05) is 17.6 Å². The Morgan fingerprint density at radius 3 is 2.44 bits per heavy atom. The summed E-state index contributed by atoms with van der Waals surface area (Å²) in [4.78, 5) is 8.56. The van der Waals surface area contributed by atoms with E-state index in [1.165, 1.54) is 13.2 Å². The second-order valence-electron chi connectivity index (χ2n) is 5.91. The highest BCUT2D eigenvalue weighted by atomic mass is 19.4. The van der Waals surface area contributed by atoms with Gasteiger partial charge >= 0.3 is 6.18 Å². The normalized spacial score (nSPS) is 11.7. The summed E-state index contributed by atoms with van der Waals surface area (Å²) in [6.07, 6.45) is -1.14. The lowest BCUT2D eigenvalue weighted by Crippen LogP contribution is -2.04. The van der Waals surface area contributed by atoms with Gasteiger partial charge in [0.05, 0.1) is 41.5 Å². The molecule has 3 heterocycles. The molecule has 4 nitrogen and oxygen atoms in total. The van der Waals surface area contributed by atoms with Gasteiger partial charge in [-0.05, 0) is 42.5 Å². The van der Waals surface area contributed by atoms with Crippen LogP contribution in [0.1, 0.15) is 5.56 Å². The van der Waals surface area contributed by atoms with E-state index in [0.717, 1.165) is 12.1 Å². The number of benzene rings is 1. The van der Waals surface area contributed by atoms with Crippen LogP contribution < -0.4 is 4.74 Å². The summed E-state index contributed by atoms with van der Waals surface area (Å²) in [5.74, 6) is 0.453. The van der Waals surface area contributed by atoms with Crippen molar-refractivity contribution >= 4 is 10.9 Å². The largest absolute Gasteiger partial charge is 0.481 e. The van der Waals surface area contributed by atoms with Gasteiger partial charge in [0.25, 0.3) is 0 Å². The number of aromatic nitrogens is 3. The van der Waals surface area contributed by atoms with E-state index in [-0.39, 0.29) is 0 Å². The van der Waals surface area contributed by atoms with E-state index in [1.807, 2.05) is 16.7 Å². The van der Waals surface area contributed by atoms with Crippen molar-refractivity contribution < 1.29 is 17.9 Å². The third kappa shape index (κ3) is 3.12. The molecular formula is C20H14F3N3O. The number of rotatable bonds is 3. The number of fused-ring (bicyclic) bond motifs is 1. The van der Waals surface area contributed by atoms with Crippen LogP contribution in [-0.2, 0) is 6.18 Å². The van der Waals surface area contributed by atoms with Crippen LogP contribution in [-0.4, -0.2) is 21.6 Å². The van der Waals surface area contributed by atoms with E-state index >= 15 is 0 Å². The minimum absolute atomic E-state index is 0.453. The maximum absolute atomic E-state index is 13.1. The summed E-state index contributed by atoms with van der Waals surface area (Å²) in [5.41, 5.74) is 1.98. The fourth-order valence-electron chi connectivity index (χ4n) is 3.00. The van der Waals surface area contributed by atoms with Crippen LogP contribution in [0.15, 0.2) is 67.0 Å². The number of nitrogens with zero attached hydrogens (tertiary/aromatic N) is 3. The molecule has 0 aliphatic carbocycles. The Hall–Kier alpha value is -3.35. The van der Waals surface area contributed by atoms with Gasteiger partial charge < -0.3 is 9.30 Å². The number of methoxy groups -OCH3 is 1. The predicted molar refractivity (Wildman–Crippen MR) is 95.9 cm³/mol. The maximum Gasteiger partial charge on any atom is 0.416 e. The lowest BCUT2D eigenvalue weighted by atomic mass is 10.1. The third-order valence-corrected chi connectivity index (χ3v) is 4.24. The number of alkyl halides is 3. The molecule has 0 atom stereocenters. The molecule has 0 aliphatic heterocycles. The van der Waals surface area contributed by atoms with E-state index < -0.39 is 11.7 Å². The van der Waals surface area contributed by atoms with E-state index in [4.69, 9.17) is 4.74 Å². The number of ether oxygens (including phenoxy) is 1. The summed E-state index contributed by atoms with van der Waals surface area (Å²) in [6, 6.07) is 14.3. The van der Waals surface area contributed by atoms with Crippen LogP contribution >= 0.6 is 0 Å². The average Bonchev–Trinajstić information content (AvgIpc) is 3.07. The molecule has 0 N–H and O–H groups in total. The van der Waals surface area contributed by atoms with Crippen LogP contribution in [0.25, 0.3) is 28.0 Å². The number of halogens is 3. The van der Waals surface area contributed by atoms with Gasteiger partial charge in [-0.1, -0.05) is 6.07 Å². The minimum Gasteiger partial charge on any atom is -0.481 e. The first kappa shape index (κ1) is 17.1. The van der Waals surface area contributed by atoms with Gasteiger partial charge in [-0.3, -0.25) is 4.98 Å². The minimum atomic E-state index is -4.40. The lowest BCUT2D eigenvalue weighted by molar-refractivity contribution is -0.137. The first-order valence-electron chi connectivity index (χ1n) is 8.12. The van der Waals surface area contributed by atoms with E-state index in [9.17, 15) is 13.2 Å². The molecule has 1 aromatic carbocycles. The number of pyridine rings is 2. The molecule has 0 spiro atoms. The zero-order valence-corrected chi connectivity index (χ0v) is 14.2. The van der Waals surface area contributed by atoms with Crippen LogP contribution in [0, 0.1) is 0 Å². The molecule has 3 aromatic heterocycles. The molecule has 136 valence electrons. The SMILES string of the molecule is COc1ccc(-n2c(-c3ccccn3)cc3cc(C(F)(F)F)ccc32)cn1. The zero-order valence-electron chi connectivity index (χ0n) is 14.2. The highest BCUT2D eigenvalue weighted by molar-refractivity contribution is 5.89. The Labute approximate surface area is 152 Å². The molecule has 4 rings (SSSR count). The second-order valence-corrected chi connectivity index (χ2v) is 5.91. The smallest absolute Gasteiger partial charge is 0.416 e. The summed E-state index contributed by atoms with van der Waals surface area (Å²) < 4.78 is 46.3. The van der Waals surface area contributed by atoms with Crippen molar-refractivity contribution in [2.24, 2.45) is 0 Å². The summed E-state index contributed by atoms with van der Waals surface area (Å²) in [5, 5.41) is 0.473. The third-order valence-electron chi connectivity index (χ3n) is 4.24. The summed E-state index contributed by atoms with van der Waals surface area (Å²) in [6.45, 7) is 0. The molecule has 0 amide bonds. The number of hydrogen-bond donors (Lipinski definition) is 0. The maximum atomic E-state index is 13.1. The van der Waals surface area contributed by atoms with Crippen molar-refractivity contribution in [3.8, 4) is 23.0 Å². The Morgan fingerprint density at radius 2 is 1.81 bits per heavy atom. The second kappa shape index (κ2) is 6.42. The van der Waals surface area contributed by atoms with Gasteiger partial charge in [0.2, 0.25) is 5.88 Å². The van der Waals surface area contributed by atoms with Crippen molar-refractivity contribution in [1.29, 1.82) is 0 Å². The highest BCUT2D eigenvalue weighted by Gasteiger charge is 2.31. The Bertz CT molecular complexity index is 1090. The highest BCUT2D eigenvalue weighted by Crippen LogP contribution is 2.35. The van der Waals surface area contributed by atoms with Crippen LogP contribution in [0.3, 0.4) is 0 Å². The molecule has 7 heteroatoms. The zero-order chi connectivity index (χ0) is 19.0. The van der Waals surface area contributed by atoms with Crippen LogP contribution in [0.2, 0.25) is 0 Å². The molecule has 0 saturated heterocycles. The molecule has 0 radical (unpaired) electrons.